The van der Waals surface area contributed by atoms with Gasteiger partial charge in [-0.05, 0) is 48.9 Å². The van der Waals surface area contributed by atoms with Crippen molar-refractivity contribution >= 4 is 18.6 Å². The van der Waals surface area contributed by atoms with Crippen molar-refractivity contribution in [3.8, 4) is 5.75 Å². The highest BCUT2D eigenvalue weighted by Crippen LogP contribution is 2.34. The van der Waals surface area contributed by atoms with E-state index in [9.17, 15) is 9.59 Å². The van der Waals surface area contributed by atoms with Gasteiger partial charge in [0.15, 0.2) is 0 Å². The van der Waals surface area contributed by atoms with Crippen molar-refractivity contribution in [2.75, 3.05) is 27.2 Å². The lowest BCUT2D eigenvalue weighted by molar-refractivity contribution is -0.0980. The summed E-state index contributed by atoms with van der Waals surface area (Å²) in [6.45, 7) is 3.25. The fraction of sp³-hybridized carbons (Fsp3) is 0.444. The maximum Gasteiger partial charge on any atom is 0.261 e. The maximum atomic E-state index is 12.7. The standard InChI is InChI=1S/C20H20N2O3.C6H12.CH2O/c1-21-10-9-13-7-8-14(25-2)11-17(13)18(21)12-22-19(23)15-5-3-4-6-16(15)20(22)24;1-2-4-6-5-3-1;1-2/h3-8,11,18H,9-10,12H2,1-2H3;1-6H2;1H2/t18-;;/m0../s1. The van der Waals surface area contributed by atoms with Gasteiger partial charge in [0.05, 0.1) is 24.3 Å². The Morgan fingerprint density at radius 2 is 1.45 bits per heavy atom. The first kappa shape index (κ1) is 24.6. The van der Waals surface area contributed by atoms with Gasteiger partial charge in [0.25, 0.3) is 11.8 Å². The van der Waals surface area contributed by atoms with E-state index in [1.807, 2.05) is 26.0 Å². The Bertz CT molecular complexity index is 924. The molecule has 2 aromatic carbocycles. The first-order valence-electron chi connectivity index (χ1n) is 11.7. The summed E-state index contributed by atoms with van der Waals surface area (Å²) in [5.41, 5.74) is 3.37. The molecule has 5 rings (SSSR count). The quantitative estimate of drug-likeness (QED) is 0.636. The average Bonchev–Trinajstić information content (AvgIpc) is 3.13. The zero-order valence-corrected chi connectivity index (χ0v) is 19.7. The van der Waals surface area contributed by atoms with Gasteiger partial charge in [0.1, 0.15) is 12.5 Å². The topological polar surface area (TPSA) is 66.9 Å². The third kappa shape index (κ3) is 5.50. The molecule has 3 aliphatic rings. The van der Waals surface area contributed by atoms with Crippen LogP contribution in [0.15, 0.2) is 42.5 Å². The van der Waals surface area contributed by atoms with Crippen molar-refractivity contribution in [2.24, 2.45) is 0 Å². The second-order valence-electron chi connectivity index (χ2n) is 8.70. The summed E-state index contributed by atoms with van der Waals surface area (Å²) >= 11 is 0. The fourth-order valence-corrected chi connectivity index (χ4v) is 4.80. The first-order chi connectivity index (χ1) is 16.1. The van der Waals surface area contributed by atoms with Gasteiger partial charge in [-0.2, -0.15) is 0 Å². The van der Waals surface area contributed by atoms with Crippen LogP contribution in [0.1, 0.15) is 76.4 Å². The fourth-order valence-electron chi connectivity index (χ4n) is 4.80. The van der Waals surface area contributed by atoms with E-state index in [0.29, 0.717) is 17.7 Å². The van der Waals surface area contributed by atoms with Crippen LogP contribution < -0.4 is 4.74 Å². The monoisotopic (exact) mass is 450 g/mol. The number of carbonyl (C=O) groups excluding carboxylic acids is 3. The van der Waals surface area contributed by atoms with Crippen LogP contribution in [-0.4, -0.2) is 55.7 Å². The molecule has 1 fully saturated rings. The summed E-state index contributed by atoms with van der Waals surface area (Å²) in [5.74, 6) is 0.384. The molecule has 0 aromatic heterocycles. The number of likely N-dealkylation sites (N-methyl/N-ethyl adjacent to an activating group) is 1. The Balaban J connectivity index is 0.000000329. The smallest absolute Gasteiger partial charge is 0.261 e. The highest BCUT2D eigenvalue weighted by Gasteiger charge is 2.38. The maximum absolute atomic E-state index is 12.7. The molecule has 176 valence electrons. The molecule has 6 nitrogen and oxygen atoms in total. The zero-order valence-electron chi connectivity index (χ0n) is 19.7. The van der Waals surface area contributed by atoms with Gasteiger partial charge in [0.2, 0.25) is 0 Å². The van der Waals surface area contributed by atoms with Gasteiger partial charge < -0.3 is 9.53 Å². The van der Waals surface area contributed by atoms with E-state index in [1.165, 1.54) is 49.0 Å². The molecule has 2 amide bonds. The van der Waals surface area contributed by atoms with E-state index < -0.39 is 0 Å². The van der Waals surface area contributed by atoms with Gasteiger partial charge in [-0.25, -0.2) is 0 Å². The molecule has 0 radical (unpaired) electrons. The molecule has 0 bridgehead atoms. The molecule has 33 heavy (non-hydrogen) atoms. The number of carbonyl (C=O) groups is 3. The SMILES string of the molecule is C1CCCCC1.C=O.COc1ccc2c(c1)[C@H](CN1C(=O)c3ccccc3C1=O)N(C)CC2. The van der Waals surface area contributed by atoms with Gasteiger partial charge in [0, 0.05) is 13.1 Å². The van der Waals surface area contributed by atoms with Crippen molar-refractivity contribution in [3.05, 3.63) is 64.7 Å². The van der Waals surface area contributed by atoms with Gasteiger partial charge in [-0.3, -0.25) is 19.4 Å². The van der Waals surface area contributed by atoms with E-state index in [1.54, 1.807) is 31.4 Å². The summed E-state index contributed by atoms with van der Waals surface area (Å²) in [4.78, 5) is 36.9. The van der Waals surface area contributed by atoms with Gasteiger partial charge in [-0.15, -0.1) is 0 Å². The van der Waals surface area contributed by atoms with E-state index in [4.69, 9.17) is 9.53 Å². The normalized spacial score (nSPS) is 19.5. The van der Waals surface area contributed by atoms with Crippen molar-refractivity contribution in [1.29, 1.82) is 0 Å². The van der Waals surface area contributed by atoms with Gasteiger partial charge in [-0.1, -0.05) is 56.7 Å². The predicted molar refractivity (Wildman–Crippen MR) is 129 cm³/mol. The molecule has 0 N–H and O–H groups in total. The Morgan fingerprint density at radius 1 is 0.909 bits per heavy atom. The Kier molecular flexibility index (Phi) is 8.78. The summed E-state index contributed by atoms with van der Waals surface area (Å²) in [6, 6.07) is 13.1. The summed E-state index contributed by atoms with van der Waals surface area (Å²) in [5, 5.41) is 0. The van der Waals surface area contributed by atoms with E-state index >= 15 is 0 Å². The molecule has 0 unspecified atom stereocenters. The molecular formula is C27H34N2O4. The van der Waals surface area contributed by atoms with Crippen LogP contribution in [0.3, 0.4) is 0 Å². The number of ether oxygens (including phenoxy) is 1. The molecule has 1 atom stereocenters. The highest BCUT2D eigenvalue weighted by molar-refractivity contribution is 6.21. The molecular weight excluding hydrogens is 416 g/mol. The minimum atomic E-state index is -0.205. The van der Waals surface area contributed by atoms with Crippen molar-refractivity contribution in [3.63, 3.8) is 0 Å². The number of hydrogen-bond donors (Lipinski definition) is 0. The lowest BCUT2D eigenvalue weighted by Crippen LogP contribution is -2.42. The van der Waals surface area contributed by atoms with Crippen LogP contribution in [0.2, 0.25) is 0 Å². The third-order valence-corrected chi connectivity index (χ3v) is 6.71. The van der Waals surface area contributed by atoms with Crippen LogP contribution in [0.4, 0.5) is 0 Å². The highest BCUT2D eigenvalue weighted by atomic mass is 16.5. The summed E-state index contributed by atoms with van der Waals surface area (Å²) < 4.78 is 5.36. The zero-order chi connectivity index (χ0) is 23.8. The van der Waals surface area contributed by atoms with Crippen LogP contribution in [0, 0.1) is 0 Å². The number of amides is 2. The minimum absolute atomic E-state index is 0.0268. The van der Waals surface area contributed by atoms with Crippen LogP contribution >= 0.6 is 0 Å². The lowest BCUT2D eigenvalue weighted by Gasteiger charge is -2.36. The van der Waals surface area contributed by atoms with Gasteiger partial charge >= 0.3 is 0 Å². The van der Waals surface area contributed by atoms with E-state index in [0.717, 1.165) is 24.3 Å². The number of methoxy groups -OCH3 is 1. The molecule has 2 heterocycles. The van der Waals surface area contributed by atoms with E-state index in [-0.39, 0.29) is 17.9 Å². The number of rotatable bonds is 3. The Labute approximate surface area is 196 Å². The average molecular weight is 451 g/mol. The number of benzene rings is 2. The number of imide groups is 1. The number of nitrogens with zero attached hydrogens (tertiary/aromatic N) is 2. The second kappa shape index (κ2) is 11.8. The molecule has 0 saturated heterocycles. The molecule has 0 spiro atoms. The largest absolute Gasteiger partial charge is 0.497 e. The second-order valence-corrected chi connectivity index (χ2v) is 8.70. The van der Waals surface area contributed by atoms with Crippen molar-refractivity contribution < 1.29 is 19.1 Å². The first-order valence-corrected chi connectivity index (χ1v) is 11.7. The number of hydrogen-bond acceptors (Lipinski definition) is 5. The van der Waals surface area contributed by atoms with Crippen LogP contribution in [0.25, 0.3) is 0 Å². The summed E-state index contributed by atoms with van der Waals surface area (Å²) in [6.07, 6.45) is 9.95. The molecule has 2 aromatic rings. The summed E-state index contributed by atoms with van der Waals surface area (Å²) in [7, 11) is 3.68. The molecule has 1 aliphatic carbocycles. The minimum Gasteiger partial charge on any atom is -0.497 e. The van der Waals surface area contributed by atoms with Crippen LogP contribution in [-0.2, 0) is 11.2 Å². The lowest BCUT2D eigenvalue weighted by atomic mass is 9.92. The Hall–Kier alpha value is -2.99. The molecule has 2 aliphatic heterocycles. The molecule has 6 heteroatoms. The Morgan fingerprint density at radius 3 is 1.97 bits per heavy atom. The number of fused-ring (bicyclic) bond motifs is 2. The van der Waals surface area contributed by atoms with E-state index in [2.05, 4.69) is 11.0 Å². The van der Waals surface area contributed by atoms with Crippen LogP contribution in [0.5, 0.6) is 5.75 Å². The van der Waals surface area contributed by atoms with Crippen molar-refractivity contribution in [2.45, 2.75) is 51.0 Å². The van der Waals surface area contributed by atoms with Crippen molar-refractivity contribution in [1.82, 2.24) is 9.80 Å². The molecule has 1 saturated carbocycles. The predicted octanol–water partition coefficient (Wildman–Crippen LogP) is 4.68. The third-order valence-electron chi connectivity index (χ3n) is 6.71.